The van der Waals surface area contributed by atoms with Crippen LogP contribution in [0.25, 0.3) is 0 Å². The highest BCUT2D eigenvalue weighted by molar-refractivity contribution is 7.89. The molecule has 1 heterocycles. The first kappa shape index (κ1) is 18.2. The molecule has 23 heavy (non-hydrogen) atoms. The summed E-state index contributed by atoms with van der Waals surface area (Å²) >= 11 is 6.07. The molecule has 0 bridgehead atoms. The van der Waals surface area contributed by atoms with Gasteiger partial charge in [-0.25, -0.2) is 8.42 Å². The molecule has 0 aliphatic carbocycles. The summed E-state index contributed by atoms with van der Waals surface area (Å²) in [6.07, 6.45) is 1.63. The predicted molar refractivity (Wildman–Crippen MR) is 88.2 cm³/mol. The number of piperidine rings is 1. The van der Waals surface area contributed by atoms with E-state index >= 15 is 0 Å². The molecule has 1 atom stereocenters. The molecular weight excluding hydrogens is 340 g/mol. The third-order valence-corrected chi connectivity index (χ3v) is 6.24. The zero-order valence-electron chi connectivity index (χ0n) is 13.0. The number of carbonyl (C=O) groups is 1. The first-order valence-corrected chi connectivity index (χ1v) is 9.31. The number of nitrogens with zero attached hydrogens (tertiary/aromatic N) is 1. The van der Waals surface area contributed by atoms with E-state index in [9.17, 15) is 13.2 Å². The van der Waals surface area contributed by atoms with Crippen LogP contribution < -0.4 is 5.32 Å². The molecule has 1 aromatic carbocycles. The van der Waals surface area contributed by atoms with E-state index in [0.717, 1.165) is 18.4 Å². The number of carboxylic acids is 1. The molecule has 128 valence electrons. The van der Waals surface area contributed by atoms with Crippen LogP contribution in [0.4, 0.5) is 0 Å². The van der Waals surface area contributed by atoms with E-state index in [-0.39, 0.29) is 22.4 Å². The fraction of sp³-hybridized carbons (Fsp3) is 0.533. The van der Waals surface area contributed by atoms with Crippen molar-refractivity contribution in [2.45, 2.75) is 24.7 Å². The van der Waals surface area contributed by atoms with E-state index < -0.39 is 16.0 Å². The number of aliphatic carboxylic acids is 1. The molecule has 0 spiro atoms. The monoisotopic (exact) mass is 360 g/mol. The maximum atomic E-state index is 12.8. The van der Waals surface area contributed by atoms with Crippen LogP contribution in [-0.2, 0) is 14.8 Å². The Bertz CT molecular complexity index is 678. The Morgan fingerprint density at radius 3 is 2.91 bits per heavy atom. The second-order valence-corrected chi connectivity index (χ2v) is 8.14. The van der Waals surface area contributed by atoms with Crippen LogP contribution in [0.15, 0.2) is 23.1 Å². The van der Waals surface area contributed by atoms with Crippen LogP contribution in [-0.4, -0.2) is 50.0 Å². The highest BCUT2D eigenvalue weighted by atomic mass is 35.5. The molecule has 0 amide bonds. The van der Waals surface area contributed by atoms with Gasteiger partial charge < -0.3 is 10.4 Å². The molecule has 1 unspecified atom stereocenters. The number of aryl methyl sites for hydroxylation is 1. The van der Waals surface area contributed by atoms with Crippen molar-refractivity contribution in [1.29, 1.82) is 0 Å². The molecule has 0 radical (unpaired) electrons. The molecule has 1 fully saturated rings. The molecule has 1 aliphatic rings. The van der Waals surface area contributed by atoms with Gasteiger partial charge in [0, 0.05) is 13.1 Å². The molecule has 8 heteroatoms. The van der Waals surface area contributed by atoms with Crippen LogP contribution in [0, 0.1) is 12.8 Å². The number of hydrogen-bond donors (Lipinski definition) is 2. The summed E-state index contributed by atoms with van der Waals surface area (Å²) in [4.78, 5) is 10.7. The Morgan fingerprint density at radius 2 is 2.22 bits per heavy atom. The summed E-state index contributed by atoms with van der Waals surface area (Å²) in [6.45, 7) is 3.03. The second-order valence-electron chi connectivity index (χ2n) is 5.83. The van der Waals surface area contributed by atoms with E-state index in [4.69, 9.17) is 16.7 Å². The summed E-state index contributed by atoms with van der Waals surface area (Å²) < 4.78 is 27.1. The summed E-state index contributed by atoms with van der Waals surface area (Å²) in [6, 6.07) is 4.96. The van der Waals surface area contributed by atoms with Gasteiger partial charge in [-0.05, 0) is 49.9 Å². The van der Waals surface area contributed by atoms with Gasteiger partial charge in [0.1, 0.15) is 4.90 Å². The van der Waals surface area contributed by atoms with Gasteiger partial charge in [-0.1, -0.05) is 17.7 Å². The molecule has 1 saturated heterocycles. The van der Waals surface area contributed by atoms with Gasteiger partial charge in [-0.2, -0.15) is 4.31 Å². The van der Waals surface area contributed by atoms with Gasteiger partial charge in [0.25, 0.3) is 0 Å². The van der Waals surface area contributed by atoms with E-state index in [2.05, 4.69) is 5.32 Å². The zero-order chi connectivity index (χ0) is 17.0. The molecule has 0 aromatic heterocycles. The summed E-state index contributed by atoms with van der Waals surface area (Å²) in [5.41, 5.74) is 0.838. The number of halogens is 1. The highest BCUT2D eigenvalue weighted by Gasteiger charge is 2.31. The minimum absolute atomic E-state index is 0.0986. The number of hydrogen-bond acceptors (Lipinski definition) is 4. The van der Waals surface area contributed by atoms with E-state index in [0.29, 0.717) is 19.6 Å². The van der Waals surface area contributed by atoms with Gasteiger partial charge in [-0.3, -0.25) is 4.79 Å². The lowest BCUT2D eigenvalue weighted by atomic mass is 10.00. The molecule has 1 aliphatic heterocycles. The van der Waals surface area contributed by atoms with Crippen LogP contribution >= 0.6 is 11.6 Å². The Kier molecular flexibility index (Phi) is 6.02. The zero-order valence-corrected chi connectivity index (χ0v) is 14.5. The molecule has 0 saturated carbocycles. The standard InChI is InChI=1S/C15H21ClN2O4S/c1-11-4-5-13(16)14(7-11)23(21,22)18-6-2-3-12(10-18)8-17-9-15(19)20/h4-5,7,12,17H,2-3,6,8-10H2,1H3,(H,19,20). The Morgan fingerprint density at radius 1 is 1.48 bits per heavy atom. The Labute approximate surface area is 141 Å². The lowest BCUT2D eigenvalue weighted by molar-refractivity contribution is -0.136. The van der Waals surface area contributed by atoms with Crippen LogP contribution in [0.1, 0.15) is 18.4 Å². The van der Waals surface area contributed by atoms with Crippen molar-refractivity contribution < 1.29 is 18.3 Å². The van der Waals surface area contributed by atoms with Crippen LogP contribution in [0.5, 0.6) is 0 Å². The number of sulfonamides is 1. The van der Waals surface area contributed by atoms with Crippen LogP contribution in [0.2, 0.25) is 5.02 Å². The second kappa shape index (κ2) is 7.61. The smallest absolute Gasteiger partial charge is 0.317 e. The van der Waals surface area contributed by atoms with Gasteiger partial charge in [-0.15, -0.1) is 0 Å². The van der Waals surface area contributed by atoms with Gasteiger partial charge in [0.2, 0.25) is 10.0 Å². The first-order valence-electron chi connectivity index (χ1n) is 7.49. The predicted octanol–water partition coefficient (Wildman–Crippen LogP) is 1.72. The molecule has 2 rings (SSSR count). The van der Waals surface area contributed by atoms with Crippen molar-refractivity contribution in [2.24, 2.45) is 5.92 Å². The quantitative estimate of drug-likeness (QED) is 0.806. The van der Waals surface area contributed by atoms with Crippen molar-refractivity contribution >= 4 is 27.6 Å². The third kappa shape index (κ3) is 4.67. The lowest BCUT2D eigenvalue weighted by Gasteiger charge is -2.32. The highest BCUT2D eigenvalue weighted by Crippen LogP contribution is 2.28. The van der Waals surface area contributed by atoms with Crippen molar-refractivity contribution in [3.63, 3.8) is 0 Å². The van der Waals surface area contributed by atoms with Crippen molar-refractivity contribution in [3.05, 3.63) is 28.8 Å². The minimum Gasteiger partial charge on any atom is -0.480 e. The van der Waals surface area contributed by atoms with Crippen LogP contribution in [0.3, 0.4) is 0 Å². The van der Waals surface area contributed by atoms with Gasteiger partial charge >= 0.3 is 5.97 Å². The molecule has 2 N–H and O–H groups in total. The SMILES string of the molecule is Cc1ccc(Cl)c(S(=O)(=O)N2CCCC(CNCC(=O)O)C2)c1. The van der Waals surface area contributed by atoms with E-state index in [1.165, 1.54) is 4.31 Å². The molecule has 6 nitrogen and oxygen atoms in total. The fourth-order valence-electron chi connectivity index (χ4n) is 2.74. The average molecular weight is 361 g/mol. The maximum Gasteiger partial charge on any atom is 0.317 e. The van der Waals surface area contributed by atoms with Crippen molar-refractivity contribution in [3.8, 4) is 0 Å². The summed E-state index contributed by atoms with van der Waals surface area (Å²) in [5, 5.41) is 11.7. The lowest BCUT2D eigenvalue weighted by Crippen LogP contribution is -2.43. The number of benzene rings is 1. The number of nitrogens with one attached hydrogen (secondary N) is 1. The maximum absolute atomic E-state index is 12.8. The van der Waals surface area contributed by atoms with Crippen molar-refractivity contribution in [1.82, 2.24) is 9.62 Å². The Hall–Kier alpha value is -1.15. The third-order valence-electron chi connectivity index (χ3n) is 3.90. The summed E-state index contributed by atoms with van der Waals surface area (Å²) in [7, 11) is -3.63. The molecule has 1 aromatic rings. The fourth-order valence-corrected chi connectivity index (χ4v) is 4.86. The number of carboxylic acid groups (broad SMARTS) is 1. The Balaban J connectivity index is 2.10. The van der Waals surface area contributed by atoms with E-state index in [1.54, 1.807) is 18.2 Å². The van der Waals surface area contributed by atoms with Crippen molar-refractivity contribution in [2.75, 3.05) is 26.2 Å². The van der Waals surface area contributed by atoms with E-state index in [1.807, 2.05) is 6.92 Å². The first-order chi connectivity index (χ1) is 10.8. The summed E-state index contributed by atoms with van der Waals surface area (Å²) in [5.74, 6) is -0.821. The topological polar surface area (TPSA) is 86.7 Å². The normalized spacial score (nSPS) is 19.7. The largest absolute Gasteiger partial charge is 0.480 e. The average Bonchev–Trinajstić information content (AvgIpc) is 2.49. The number of rotatable bonds is 6. The van der Waals surface area contributed by atoms with Gasteiger partial charge in [0.05, 0.1) is 11.6 Å². The van der Waals surface area contributed by atoms with Gasteiger partial charge in [0.15, 0.2) is 0 Å². The minimum atomic E-state index is -3.63. The molecular formula is C15H21ClN2O4S.